The van der Waals surface area contributed by atoms with E-state index in [1.165, 1.54) is 12.1 Å². The number of piperidine rings is 1. The van der Waals surface area contributed by atoms with Gasteiger partial charge in [-0.3, -0.25) is 9.69 Å². The second-order valence-electron chi connectivity index (χ2n) is 10.1. The highest BCUT2D eigenvalue weighted by Crippen LogP contribution is 2.45. The van der Waals surface area contributed by atoms with Crippen LogP contribution in [0.5, 0.6) is 5.75 Å². The van der Waals surface area contributed by atoms with Gasteiger partial charge in [-0.05, 0) is 92.4 Å². The first-order chi connectivity index (χ1) is 17.7. The number of halogens is 3. The first-order valence-corrected chi connectivity index (χ1v) is 14.8. The predicted molar refractivity (Wildman–Crippen MR) is 141 cm³/mol. The summed E-state index contributed by atoms with van der Waals surface area (Å²) >= 11 is 12.2. The lowest BCUT2D eigenvalue weighted by Gasteiger charge is -2.32. The number of hydrogen-bond donors (Lipinski definition) is 1. The molecule has 0 aromatic heterocycles. The summed E-state index contributed by atoms with van der Waals surface area (Å²) in [5.74, 6) is -0.769. The third kappa shape index (κ3) is 6.57. The van der Waals surface area contributed by atoms with Crippen LogP contribution in [0.2, 0.25) is 10.0 Å². The number of hydrogen-bond acceptors (Lipinski definition) is 5. The van der Waals surface area contributed by atoms with Gasteiger partial charge in [-0.25, -0.2) is 9.11 Å². The van der Waals surface area contributed by atoms with Crippen molar-refractivity contribution in [2.24, 2.45) is 5.92 Å². The lowest BCUT2D eigenvalue weighted by Crippen LogP contribution is -2.49. The summed E-state index contributed by atoms with van der Waals surface area (Å²) < 4.78 is 48.7. The first-order valence-electron chi connectivity index (χ1n) is 12.6. The van der Waals surface area contributed by atoms with Crippen LogP contribution in [0.3, 0.4) is 0 Å². The molecule has 0 atom stereocenters. The van der Waals surface area contributed by atoms with E-state index in [0.717, 1.165) is 67.2 Å². The van der Waals surface area contributed by atoms with Crippen LogP contribution < -0.4 is 9.46 Å². The van der Waals surface area contributed by atoms with Crippen molar-refractivity contribution in [3.63, 3.8) is 0 Å². The number of carbonyl (C=O) groups is 1. The van der Waals surface area contributed by atoms with Crippen molar-refractivity contribution in [2.75, 3.05) is 32.8 Å². The molecule has 7 nitrogen and oxygen atoms in total. The Kier molecular flexibility index (Phi) is 7.98. The zero-order valence-corrected chi connectivity index (χ0v) is 22.7. The smallest absolute Gasteiger partial charge is 0.304 e. The van der Waals surface area contributed by atoms with Gasteiger partial charge in [-0.2, -0.15) is 12.7 Å². The van der Waals surface area contributed by atoms with Crippen molar-refractivity contribution in [1.82, 2.24) is 13.9 Å². The third-order valence-corrected chi connectivity index (χ3v) is 9.17. The molecule has 5 rings (SSSR count). The zero-order valence-electron chi connectivity index (χ0n) is 20.4. The van der Waals surface area contributed by atoms with Gasteiger partial charge in [-0.15, -0.1) is 0 Å². The molecule has 3 aliphatic rings. The summed E-state index contributed by atoms with van der Waals surface area (Å²) in [5.41, 5.74) is 1.58. The molecule has 3 fully saturated rings. The molecule has 2 aromatic rings. The monoisotopic (exact) mass is 569 g/mol. The van der Waals surface area contributed by atoms with E-state index in [1.807, 2.05) is 16.9 Å². The number of nitrogens with zero attached hydrogens (tertiary/aromatic N) is 2. The van der Waals surface area contributed by atoms with E-state index in [2.05, 4.69) is 4.90 Å². The van der Waals surface area contributed by atoms with Gasteiger partial charge in [0.15, 0.2) is 0 Å². The number of carbonyl (C=O) groups excluding carboxylic acids is 1. The van der Waals surface area contributed by atoms with E-state index in [1.54, 1.807) is 6.07 Å². The topological polar surface area (TPSA) is 79.0 Å². The van der Waals surface area contributed by atoms with Gasteiger partial charge in [0.05, 0.1) is 12.2 Å². The van der Waals surface area contributed by atoms with Crippen LogP contribution in [-0.4, -0.2) is 56.3 Å². The summed E-state index contributed by atoms with van der Waals surface area (Å²) in [6.07, 6.45) is 4.51. The Morgan fingerprint density at radius 1 is 1.00 bits per heavy atom. The SMILES string of the molecule is O=C(NS(=O)(=O)N1CCC1)c1cc(C2CC2)c(OCC2CCN(Cc3cc(Cl)cc(Cl)c3)CC2)cc1F. The van der Waals surface area contributed by atoms with E-state index >= 15 is 0 Å². The van der Waals surface area contributed by atoms with Crippen molar-refractivity contribution >= 4 is 39.3 Å². The lowest BCUT2D eigenvalue weighted by molar-refractivity contribution is 0.0973. The predicted octanol–water partition coefficient (Wildman–Crippen LogP) is 4.98. The molecule has 0 spiro atoms. The van der Waals surface area contributed by atoms with E-state index in [-0.39, 0.29) is 11.5 Å². The summed E-state index contributed by atoms with van der Waals surface area (Å²) in [6.45, 7) is 3.78. The number of likely N-dealkylation sites (tertiary alicyclic amines) is 1. The molecule has 2 heterocycles. The van der Waals surface area contributed by atoms with Crippen molar-refractivity contribution in [2.45, 2.75) is 44.6 Å². The highest BCUT2D eigenvalue weighted by atomic mass is 35.5. The van der Waals surface area contributed by atoms with Gasteiger partial charge in [0, 0.05) is 35.7 Å². The standard InChI is InChI=1S/C26H30Cl2FN3O4S/c27-20-10-18(11-21(28)12-20)15-31-8-4-17(5-9-31)16-36-25-14-24(29)23(13-22(25)19-2-3-19)26(33)30-37(34,35)32-6-1-7-32/h10-14,17,19H,1-9,15-16H2,(H,30,33). The van der Waals surface area contributed by atoms with Crippen LogP contribution in [-0.2, 0) is 16.8 Å². The molecular formula is C26H30Cl2FN3O4S. The van der Waals surface area contributed by atoms with Gasteiger partial charge >= 0.3 is 10.2 Å². The Labute approximate surface area is 227 Å². The maximum atomic E-state index is 14.9. The molecule has 37 heavy (non-hydrogen) atoms. The molecule has 2 aromatic carbocycles. The first kappa shape index (κ1) is 26.7. The Morgan fingerprint density at radius 3 is 2.27 bits per heavy atom. The van der Waals surface area contributed by atoms with Gasteiger partial charge < -0.3 is 4.74 Å². The fraction of sp³-hybridized carbons (Fsp3) is 0.500. The van der Waals surface area contributed by atoms with Gasteiger partial charge in [0.2, 0.25) is 0 Å². The molecule has 2 saturated heterocycles. The normalized spacial score (nSPS) is 19.4. The molecule has 0 bridgehead atoms. The summed E-state index contributed by atoms with van der Waals surface area (Å²) in [6, 6.07) is 8.28. The van der Waals surface area contributed by atoms with Crippen LogP contribution in [0.25, 0.3) is 0 Å². The maximum absolute atomic E-state index is 14.9. The molecule has 1 amide bonds. The molecule has 0 unspecified atom stereocenters. The minimum atomic E-state index is -3.95. The number of rotatable bonds is 9. The second kappa shape index (κ2) is 11.1. The fourth-order valence-corrected chi connectivity index (χ4v) is 6.61. The molecule has 0 radical (unpaired) electrons. The maximum Gasteiger partial charge on any atom is 0.304 e. The lowest BCUT2D eigenvalue weighted by atomic mass is 9.97. The van der Waals surface area contributed by atoms with Crippen molar-refractivity contribution in [3.05, 3.63) is 62.9 Å². The van der Waals surface area contributed by atoms with Crippen molar-refractivity contribution in [1.29, 1.82) is 0 Å². The summed E-state index contributed by atoms with van der Waals surface area (Å²) in [7, 11) is -3.95. The molecule has 200 valence electrons. The number of benzene rings is 2. The second-order valence-corrected chi connectivity index (χ2v) is 12.7. The highest BCUT2D eigenvalue weighted by molar-refractivity contribution is 7.87. The Balaban J connectivity index is 1.18. The molecule has 2 aliphatic heterocycles. The highest BCUT2D eigenvalue weighted by Gasteiger charge is 2.33. The van der Waals surface area contributed by atoms with Crippen LogP contribution in [0.4, 0.5) is 4.39 Å². The Bertz CT molecular complexity index is 1260. The zero-order chi connectivity index (χ0) is 26.2. The Hall–Kier alpha value is -1.91. The molecule has 11 heteroatoms. The van der Waals surface area contributed by atoms with Crippen LogP contribution in [0.15, 0.2) is 30.3 Å². The molecular weight excluding hydrogens is 540 g/mol. The number of ether oxygens (including phenoxy) is 1. The largest absolute Gasteiger partial charge is 0.493 e. The van der Waals surface area contributed by atoms with Gasteiger partial charge in [-0.1, -0.05) is 23.2 Å². The van der Waals surface area contributed by atoms with Crippen molar-refractivity contribution in [3.8, 4) is 5.75 Å². The number of amides is 1. The fourth-order valence-electron chi connectivity index (χ4n) is 4.83. The molecule has 1 N–H and O–H groups in total. The molecule has 1 aliphatic carbocycles. The van der Waals surface area contributed by atoms with Crippen LogP contribution in [0.1, 0.15) is 59.5 Å². The summed E-state index contributed by atoms with van der Waals surface area (Å²) in [4.78, 5) is 15.0. The van der Waals surface area contributed by atoms with E-state index in [9.17, 15) is 17.6 Å². The average molecular weight is 571 g/mol. The van der Waals surface area contributed by atoms with E-state index in [0.29, 0.717) is 41.4 Å². The minimum absolute atomic E-state index is 0.195. The van der Waals surface area contributed by atoms with Gasteiger partial charge in [0.25, 0.3) is 5.91 Å². The minimum Gasteiger partial charge on any atom is -0.493 e. The summed E-state index contributed by atoms with van der Waals surface area (Å²) in [5, 5.41) is 1.26. The average Bonchev–Trinajstić information content (AvgIpc) is 3.61. The Morgan fingerprint density at radius 2 is 1.68 bits per heavy atom. The third-order valence-electron chi connectivity index (χ3n) is 7.25. The quantitative estimate of drug-likeness (QED) is 0.460. The van der Waals surface area contributed by atoms with E-state index in [4.69, 9.17) is 27.9 Å². The van der Waals surface area contributed by atoms with Crippen molar-refractivity contribution < 1.29 is 22.3 Å². The van der Waals surface area contributed by atoms with Crippen LogP contribution >= 0.6 is 23.2 Å². The van der Waals surface area contributed by atoms with Gasteiger partial charge in [0.1, 0.15) is 11.6 Å². The van der Waals surface area contributed by atoms with Crippen LogP contribution in [0, 0.1) is 11.7 Å². The number of nitrogens with one attached hydrogen (secondary N) is 1. The van der Waals surface area contributed by atoms with E-state index < -0.39 is 21.9 Å². The molecule has 1 saturated carbocycles.